The quantitative estimate of drug-likeness (QED) is 0.881. The predicted octanol–water partition coefficient (Wildman–Crippen LogP) is 1.86. The molecule has 1 unspecified atom stereocenters. The number of hydrogen-bond acceptors (Lipinski definition) is 5. The summed E-state index contributed by atoms with van der Waals surface area (Å²) in [7, 11) is 0. The highest BCUT2D eigenvalue weighted by Gasteiger charge is 2.19. The molecule has 2 aromatic rings. The van der Waals surface area contributed by atoms with Crippen LogP contribution in [0, 0.1) is 6.92 Å². The molecule has 1 aliphatic rings. The molecule has 0 saturated heterocycles. The van der Waals surface area contributed by atoms with E-state index in [0.29, 0.717) is 0 Å². The number of aryl methyl sites for hydroxylation is 1. The highest BCUT2D eigenvalue weighted by molar-refractivity contribution is 7.05. The van der Waals surface area contributed by atoms with E-state index in [1.54, 1.807) is 0 Å². The third kappa shape index (κ3) is 1.81. The van der Waals surface area contributed by atoms with Gasteiger partial charge in [0.15, 0.2) is 0 Å². The second kappa shape index (κ2) is 4.09. The number of benzene rings is 1. The Morgan fingerprint density at radius 1 is 1.47 bits per heavy atom. The number of rotatable bonds is 2. The van der Waals surface area contributed by atoms with E-state index in [-0.39, 0.29) is 0 Å². The first-order chi connectivity index (χ1) is 8.25. The maximum Gasteiger partial charge on any atom is 0.122 e. The molecule has 1 N–H and O–H groups in total. The average Bonchev–Trinajstić information content (AvgIpc) is 2.95. The summed E-state index contributed by atoms with van der Waals surface area (Å²) in [5, 5.41) is 14.2. The van der Waals surface area contributed by atoms with Crippen molar-refractivity contribution in [3.05, 3.63) is 39.9 Å². The number of hydrogen-bond donors (Lipinski definition) is 1. The fourth-order valence-electron chi connectivity index (χ4n) is 2.02. The Labute approximate surface area is 103 Å². The molecule has 1 aromatic heterocycles. The zero-order valence-electron chi connectivity index (χ0n) is 9.38. The molecule has 88 valence electrons. The third-order valence-corrected chi connectivity index (χ3v) is 3.84. The van der Waals surface area contributed by atoms with E-state index in [0.717, 1.165) is 40.5 Å². The number of ether oxygens (including phenoxy) is 1. The van der Waals surface area contributed by atoms with Gasteiger partial charge in [0, 0.05) is 6.42 Å². The monoisotopic (exact) mass is 248 g/mol. The number of aliphatic hydroxyl groups excluding tert-OH is 1. The van der Waals surface area contributed by atoms with E-state index in [1.165, 1.54) is 11.5 Å². The topological polar surface area (TPSA) is 55.2 Å². The highest BCUT2D eigenvalue weighted by Crippen LogP contribution is 2.32. The molecule has 2 heterocycles. The van der Waals surface area contributed by atoms with Gasteiger partial charge in [-0.05, 0) is 41.7 Å². The van der Waals surface area contributed by atoms with E-state index in [2.05, 4.69) is 9.59 Å². The number of fused-ring (bicyclic) bond motifs is 1. The van der Waals surface area contributed by atoms with E-state index >= 15 is 0 Å². The minimum atomic E-state index is -0.638. The number of aromatic nitrogens is 2. The van der Waals surface area contributed by atoms with E-state index in [4.69, 9.17) is 4.74 Å². The summed E-state index contributed by atoms with van der Waals surface area (Å²) in [5.41, 5.74) is 2.83. The van der Waals surface area contributed by atoms with E-state index in [1.807, 2.05) is 25.1 Å². The third-order valence-electron chi connectivity index (χ3n) is 2.96. The van der Waals surface area contributed by atoms with Crippen LogP contribution in [0.25, 0.3) is 0 Å². The molecule has 17 heavy (non-hydrogen) atoms. The normalized spacial score (nSPS) is 15.4. The van der Waals surface area contributed by atoms with Crippen LogP contribution in [0.5, 0.6) is 5.75 Å². The second-order valence-corrected chi connectivity index (χ2v) is 4.88. The summed E-state index contributed by atoms with van der Waals surface area (Å²) in [6, 6.07) is 5.82. The van der Waals surface area contributed by atoms with Gasteiger partial charge in [0.05, 0.1) is 17.2 Å². The molecule has 4 nitrogen and oxygen atoms in total. The molecule has 0 bridgehead atoms. The molecule has 5 heteroatoms. The van der Waals surface area contributed by atoms with Crippen LogP contribution in [-0.2, 0) is 6.42 Å². The predicted molar refractivity (Wildman–Crippen MR) is 64.3 cm³/mol. The van der Waals surface area contributed by atoms with E-state index in [9.17, 15) is 5.11 Å². The summed E-state index contributed by atoms with van der Waals surface area (Å²) < 4.78 is 9.29. The second-order valence-electron chi connectivity index (χ2n) is 4.09. The lowest BCUT2D eigenvalue weighted by Gasteiger charge is -2.10. The van der Waals surface area contributed by atoms with Gasteiger partial charge in [-0.15, -0.1) is 5.10 Å². The Balaban J connectivity index is 1.97. The Hall–Kier alpha value is -1.46. The fourth-order valence-corrected chi connectivity index (χ4v) is 2.68. The van der Waals surface area contributed by atoms with Crippen LogP contribution in [0.3, 0.4) is 0 Å². The first kappa shape index (κ1) is 10.7. The molecular weight excluding hydrogens is 236 g/mol. The molecular formula is C12H12N2O2S. The van der Waals surface area contributed by atoms with Gasteiger partial charge in [-0.3, -0.25) is 0 Å². The molecule has 1 atom stereocenters. The van der Waals surface area contributed by atoms with Crippen molar-refractivity contribution in [1.29, 1.82) is 0 Å². The Morgan fingerprint density at radius 3 is 3.12 bits per heavy atom. The molecule has 1 aliphatic heterocycles. The number of aliphatic hydroxyl groups is 1. The van der Waals surface area contributed by atoms with Crippen LogP contribution >= 0.6 is 11.5 Å². The fraction of sp³-hybridized carbons (Fsp3) is 0.333. The van der Waals surface area contributed by atoms with Crippen LogP contribution in [-0.4, -0.2) is 21.3 Å². The molecule has 3 rings (SSSR count). The minimum Gasteiger partial charge on any atom is -0.493 e. The molecule has 0 saturated carbocycles. The summed E-state index contributed by atoms with van der Waals surface area (Å²) >= 11 is 1.24. The Morgan fingerprint density at radius 2 is 2.35 bits per heavy atom. The highest BCUT2D eigenvalue weighted by atomic mass is 32.1. The van der Waals surface area contributed by atoms with Crippen molar-refractivity contribution in [2.75, 3.05) is 6.61 Å². The van der Waals surface area contributed by atoms with Crippen LogP contribution in [0.1, 0.15) is 27.8 Å². The zero-order valence-corrected chi connectivity index (χ0v) is 10.2. The maximum absolute atomic E-state index is 10.3. The molecule has 0 amide bonds. The summed E-state index contributed by atoms with van der Waals surface area (Å²) in [5.74, 6) is 0.931. The van der Waals surface area contributed by atoms with Gasteiger partial charge in [0.1, 0.15) is 11.9 Å². The van der Waals surface area contributed by atoms with Crippen molar-refractivity contribution >= 4 is 11.5 Å². The smallest absolute Gasteiger partial charge is 0.122 e. The van der Waals surface area contributed by atoms with Gasteiger partial charge in [-0.25, -0.2) is 0 Å². The molecule has 0 aliphatic carbocycles. The van der Waals surface area contributed by atoms with Crippen LogP contribution in [0.4, 0.5) is 0 Å². The zero-order chi connectivity index (χ0) is 11.8. The lowest BCUT2D eigenvalue weighted by molar-refractivity contribution is 0.223. The van der Waals surface area contributed by atoms with Crippen molar-refractivity contribution < 1.29 is 9.84 Å². The van der Waals surface area contributed by atoms with Crippen molar-refractivity contribution in [2.45, 2.75) is 19.4 Å². The van der Waals surface area contributed by atoms with Gasteiger partial charge in [0.2, 0.25) is 0 Å². The molecule has 0 spiro atoms. The van der Waals surface area contributed by atoms with Gasteiger partial charge in [-0.2, -0.15) is 0 Å². The lowest BCUT2D eigenvalue weighted by atomic mass is 10.0. The summed E-state index contributed by atoms with van der Waals surface area (Å²) in [6.07, 6.45) is 0.274. The van der Waals surface area contributed by atoms with Crippen molar-refractivity contribution in [3.63, 3.8) is 0 Å². The Bertz CT molecular complexity index is 553. The molecule has 0 radical (unpaired) electrons. The van der Waals surface area contributed by atoms with Gasteiger partial charge in [0.25, 0.3) is 0 Å². The molecule has 1 aromatic carbocycles. The van der Waals surface area contributed by atoms with Crippen molar-refractivity contribution in [3.8, 4) is 5.75 Å². The summed E-state index contributed by atoms with van der Waals surface area (Å²) in [4.78, 5) is 0.809. The number of nitrogens with zero attached hydrogens (tertiary/aromatic N) is 2. The largest absolute Gasteiger partial charge is 0.493 e. The van der Waals surface area contributed by atoms with Gasteiger partial charge >= 0.3 is 0 Å². The standard InChI is InChI=1S/C12H12N2O2S/c1-7-12(17-14-13-7)11(15)9-2-3-10-8(6-9)4-5-16-10/h2-3,6,11,15H,4-5H2,1H3. The SMILES string of the molecule is Cc1nnsc1C(O)c1ccc2c(c1)CCO2. The van der Waals surface area contributed by atoms with Gasteiger partial charge in [-0.1, -0.05) is 10.6 Å². The van der Waals surface area contributed by atoms with Crippen molar-refractivity contribution in [1.82, 2.24) is 9.59 Å². The first-order valence-corrected chi connectivity index (χ1v) is 6.25. The van der Waals surface area contributed by atoms with Crippen LogP contribution < -0.4 is 4.74 Å². The van der Waals surface area contributed by atoms with Crippen molar-refractivity contribution in [2.24, 2.45) is 0 Å². The summed E-state index contributed by atoms with van der Waals surface area (Å²) in [6.45, 7) is 2.59. The van der Waals surface area contributed by atoms with E-state index < -0.39 is 6.10 Å². The lowest BCUT2D eigenvalue weighted by Crippen LogP contribution is -1.99. The van der Waals surface area contributed by atoms with Crippen LogP contribution in [0.15, 0.2) is 18.2 Å². The van der Waals surface area contributed by atoms with Gasteiger partial charge < -0.3 is 9.84 Å². The molecule has 0 fully saturated rings. The first-order valence-electron chi connectivity index (χ1n) is 5.48. The van der Waals surface area contributed by atoms with Crippen LogP contribution in [0.2, 0.25) is 0 Å². The average molecular weight is 248 g/mol. The minimum absolute atomic E-state index is 0.638. The maximum atomic E-state index is 10.3. The Kier molecular flexibility index (Phi) is 2.57.